The minimum Gasteiger partial charge on any atom is -0.350 e. The molecule has 14 heavy (non-hydrogen) atoms. The van der Waals surface area contributed by atoms with Crippen LogP contribution in [-0.2, 0) is 9.57 Å². The lowest BCUT2D eigenvalue weighted by molar-refractivity contribution is -0.263. The van der Waals surface area contributed by atoms with Gasteiger partial charge in [-0.05, 0) is 19.3 Å². The van der Waals surface area contributed by atoms with E-state index in [1.165, 1.54) is 16.8 Å². The van der Waals surface area contributed by atoms with Gasteiger partial charge in [-0.1, -0.05) is 11.8 Å². The molecule has 2 fully saturated rings. The van der Waals surface area contributed by atoms with E-state index in [-0.39, 0.29) is 11.5 Å². The lowest BCUT2D eigenvalue weighted by Gasteiger charge is -2.30. The Morgan fingerprint density at radius 3 is 3.07 bits per heavy atom. The van der Waals surface area contributed by atoms with Crippen LogP contribution in [0.2, 0.25) is 0 Å². The fraction of sp³-hybridized carbons (Fsp3) is 0.889. The molecular weight excluding hydrogens is 202 g/mol. The molecule has 1 atom stereocenters. The molecule has 1 amide bonds. The van der Waals surface area contributed by atoms with Crippen LogP contribution < -0.4 is 0 Å². The molecule has 0 N–H and O–H groups in total. The number of thioether (sulfide) groups is 1. The zero-order valence-corrected chi connectivity index (χ0v) is 8.92. The van der Waals surface area contributed by atoms with Crippen molar-refractivity contribution in [1.29, 1.82) is 0 Å². The third-order valence-corrected chi connectivity index (χ3v) is 3.26. The van der Waals surface area contributed by atoms with Crippen LogP contribution >= 0.6 is 11.8 Å². The summed E-state index contributed by atoms with van der Waals surface area (Å²) in [5.41, 5.74) is 0. The molecule has 4 nitrogen and oxygen atoms in total. The Labute approximate surface area is 87.9 Å². The summed E-state index contributed by atoms with van der Waals surface area (Å²) in [6.07, 6.45) is 3.92. The summed E-state index contributed by atoms with van der Waals surface area (Å²) in [4.78, 5) is 16.9. The summed E-state index contributed by atoms with van der Waals surface area (Å²) >= 11 is 1.32. The number of rotatable bonds is 2. The van der Waals surface area contributed by atoms with Gasteiger partial charge < -0.3 is 4.74 Å². The third-order valence-electron chi connectivity index (χ3n) is 2.32. The maximum Gasteiger partial charge on any atom is 0.305 e. The lowest BCUT2D eigenvalue weighted by Crippen LogP contribution is -2.38. The molecule has 0 spiro atoms. The number of nitrogens with zero attached hydrogens (tertiary/aromatic N) is 1. The maximum absolute atomic E-state index is 11.4. The van der Waals surface area contributed by atoms with Crippen LogP contribution in [0.3, 0.4) is 0 Å². The number of carbonyl (C=O) groups is 1. The second-order valence-electron chi connectivity index (χ2n) is 3.47. The molecule has 0 aromatic carbocycles. The van der Waals surface area contributed by atoms with Crippen LogP contribution in [0.1, 0.15) is 25.7 Å². The minimum atomic E-state index is -0.202. The van der Waals surface area contributed by atoms with Gasteiger partial charge in [0.25, 0.3) is 0 Å². The van der Waals surface area contributed by atoms with Crippen LogP contribution in [0.25, 0.3) is 0 Å². The molecule has 0 bridgehead atoms. The zero-order chi connectivity index (χ0) is 9.80. The molecule has 2 rings (SSSR count). The zero-order valence-electron chi connectivity index (χ0n) is 8.11. The summed E-state index contributed by atoms with van der Waals surface area (Å²) in [5.74, 6) is 0.907. The molecule has 0 aromatic heterocycles. The molecule has 2 heterocycles. The van der Waals surface area contributed by atoms with Gasteiger partial charge in [0.15, 0.2) is 6.29 Å². The van der Waals surface area contributed by atoms with Crippen LogP contribution in [0, 0.1) is 0 Å². The first-order chi connectivity index (χ1) is 6.86. The number of hydrogen-bond acceptors (Lipinski definition) is 4. The maximum atomic E-state index is 11.4. The molecule has 1 unspecified atom stereocenters. The first-order valence-electron chi connectivity index (χ1n) is 5.09. The molecule has 2 saturated heterocycles. The van der Waals surface area contributed by atoms with Crippen molar-refractivity contribution in [3.63, 3.8) is 0 Å². The van der Waals surface area contributed by atoms with E-state index in [9.17, 15) is 4.79 Å². The van der Waals surface area contributed by atoms with Crippen molar-refractivity contribution in [2.24, 2.45) is 0 Å². The largest absolute Gasteiger partial charge is 0.350 e. The third kappa shape index (κ3) is 2.62. The normalized spacial score (nSPS) is 29.3. The Kier molecular flexibility index (Phi) is 3.67. The topological polar surface area (TPSA) is 38.8 Å². The number of amides is 1. The molecule has 0 saturated carbocycles. The molecule has 0 aliphatic carbocycles. The van der Waals surface area contributed by atoms with Gasteiger partial charge in [-0.25, -0.2) is 9.90 Å². The van der Waals surface area contributed by atoms with E-state index in [1.54, 1.807) is 0 Å². The molecule has 2 aliphatic rings. The number of hydrogen-bond donors (Lipinski definition) is 0. The predicted octanol–water partition coefficient (Wildman–Crippen LogP) is 2.00. The highest BCUT2D eigenvalue weighted by atomic mass is 32.2. The summed E-state index contributed by atoms with van der Waals surface area (Å²) in [5, 5.41) is 1.47. The molecule has 2 aliphatic heterocycles. The Balaban J connectivity index is 1.79. The fourth-order valence-electron chi connectivity index (χ4n) is 1.56. The first-order valence-corrected chi connectivity index (χ1v) is 6.07. The average Bonchev–Trinajstić information content (AvgIpc) is 2.23. The van der Waals surface area contributed by atoms with Crippen LogP contribution in [0.5, 0.6) is 0 Å². The van der Waals surface area contributed by atoms with Gasteiger partial charge in [0.1, 0.15) is 0 Å². The van der Waals surface area contributed by atoms with Gasteiger partial charge in [0.05, 0.1) is 6.54 Å². The summed E-state index contributed by atoms with van der Waals surface area (Å²) in [7, 11) is 0. The lowest BCUT2D eigenvalue weighted by atomic mass is 10.2. The predicted molar refractivity (Wildman–Crippen MR) is 53.9 cm³/mol. The van der Waals surface area contributed by atoms with Crippen LogP contribution in [-0.4, -0.2) is 35.5 Å². The van der Waals surface area contributed by atoms with Gasteiger partial charge >= 0.3 is 5.24 Å². The van der Waals surface area contributed by atoms with Gasteiger partial charge in [-0.15, -0.1) is 0 Å². The summed E-state index contributed by atoms with van der Waals surface area (Å²) in [6.45, 7) is 1.45. The van der Waals surface area contributed by atoms with E-state index in [4.69, 9.17) is 9.57 Å². The standard InChI is InChI=1S/C9H15NO3S/c11-9-10(5-3-7-14-9)13-8-4-1-2-6-12-8/h8H,1-7H2. The van der Waals surface area contributed by atoms with E-state index in [1.807, 2.05) is 0 Å². The summed E-state index contributed by atoms with van der Waals surface area (Å²) in [6, 6.07) is 0. The molecule has 0 radical (unpaired) electrons. The van der Waals surface area contributed by atoms with E-state index >= 15 is 0 Å². The van der Waals surface area contributed by atoms with Gasteiger partial charge in [-0.2, -0.15) is 0 Å². The molecule has 80 valence electrons. The van der Waals surface area contributed by atoms with Gasteiger partial charge in [-0.3, -0.25) is 4.79 Å². The van der Waals surface area contributed by atoms with Crippen molar-refractivity contribution in [3.8, 4) is 0 Å². The average molecular weight is 217 g/mol. The Morgan fingerprint density at radius 1 is 1.43 bits per heavy atom. The van der Waals surface area contributed by atoms with Crippen molar-refractivity contribution >= 4 is 17.0 Å². The Bertz CT molecular complexity index is 206. The first kappa shape index (κ1) is 10.3. The fourth-order valence-corrected chi connectivity index (χ4v) is 2.29. The highest BCUT2D eigenvalue weighted by Crippen LogP contribution is 2.21. The highest BCUT2D eigenvalue weighted by molar-refractivity contribution is 8.13. The number of carbonyl (C=O) groups excluding carboxylic acids is 1. The quantitative estimate of drug-likeness (QED) is 0.709. The summed E-state index contributed by atoms with van der Waals surface area (Å²) < 4.78 is 5.40. The highest BCUT2D eigenvalue weighted by Gasteiger charge is 2.24. The van der Waals surface area contributed by atoms with E-state index < -0.39 is 0 Å². The molecule has 0 aromatic rings. The van der Waals surface area contributed by atoms with Crippen molar-refractivity contribution in [2.45, 2.75) is 32.0 Å². The van der Waals surface area contributed by atoms with Crippen molar-refractivity contribution in [1.82, 2.24) is 5.06 Å². The number of ether oxygens (including phenoxy) is 1. The van der Waals surface area contributed by atoms with E-state index in [0.717, 1.165) is 38.0 Å². The monoisotopic (exact) mass is 217 g/mol. The second-order valence-corrected chi connectivity index (χ2v) is 4.52. The van der Waals surface area contributed by atoms with Gasteiger partial charge in [0, 0.05) is 18.8 Å². The number of hydroxylamine groups is 2. The van der Waals surface area contributed by atoms with E-state index in [2.05, 4.69) is 0 Å². The second kappa shape index (κ2) is 5.00. The SMILES string of the molecule is O=C1SCCCN1OC1CCCCO1. The smallest absolute Gasteiger partial charge is 0.305 e. The Morgan fingerprint density at radius 2 is 2.36 bits per heavy atom. The Hall–Kier alpha value is -0.260. The molecular formula is C9H15NO3S. The van der Waals surface area contributed by atoms with Crippen LogP contribution in [0.4, 0.5) is 4.79 Å². The van der Waals surface area contributed by atoms with Crippen molar-refractivity contribution < 1.29 is 14.4 Å². The van der Waals surface area contributed by atoms with E-state index in [0.29, 0.717) is 6.54 Å². The van der Waals surface area contributed by atoms with Crippen molar-refractivity contribution in [3.05, 3.63) is 0 Å². The van der Waals surface area contributed by atoms with Crippen molar-refractivity contribution in [2.75, 3.05) is 18.9 Å². The van der Waals surface area contributed by atoms with Gasteiger partial charge in [0.2, 0.25) is 0 Å². The minimum absolute atomic E-state index is 0.0189. The van der Waals surface area contributed by atoms with Crippen LogP contribution in [0.15, 0.2) is 0 Å². The molecule has 5 heteroatoms.